The predicted octanol–water partition coefficient (Wildman–Crippen LogP) is -3.17. The number of H-pyrrole nitrogens is 1. The van der Waals surface area contributed by atoms with Gasteiger partial charge >= 0.3 is 103 Å². The maximum Gasteiger partial charge on any atom is -1.00 e. The monoisotopic (exact) mass is 345 g/mol. The molecule has 0 spiro atoms. The van der Waals surface area contributed by atoms with Crippen molar-refractivity contribution in [2.24, 2.45) is 0 Å². The van der Waals surface area contributed by atoms with Gasteiger partial charge in [-0.3, -0.25) is 0 Å². The van der Waals surface area contributed by atoms with Crippen molar-refractivity contribution >= 4 is 3.40 Å². The molecular formula is C13H15Cl2NZr. The number of halogens is 2. The third kappa shape index (κ3) is 3.98. The van der Waals surface area contributed by atoms with Gasteiger partial charge in [0.05, 0.1) is 0 Å². The number of hydrogen-bond acceptors (Lipinski definition) is 0. The average Bonchev–Trinajstić information content (AvgIpc) is 2.77. The molecule has 0 saturated heterocycles. The van der Waals surface area contributed by atoms with Crippen LogP contribution >= 0.6 is 0 Å². The molecular weight excluding hydrogens is 332 g/mol. The van der Waals surface area contributed by atoms with Crippen LogP contribution in [0.4, 0.5) is 0 Å². The van der Waals surface area contributed by atoms with Crippen LogP contribution in [0.5, 0.6) is 0 Å². The van der Waals surface area contributed by atoms with Gasteiger partial charge in [0.25, 0.3) is 0 Å². The van der Waals surface area contributed by atoms with Gasteiger partial charge in [-0.15, -0.1) is 0 Å². The standard InChI is InChI=1S/C8H9.C5H6N.2ClH.Zr/c1-7(2)8-5-3-4-6-8;1-5-2-3-6-4-5;;;/h3-5H,1-2H3;2-3,6H,1H3;2*1H;/q;;;;+2/p-2. The summed E-state index contributed by atoms with van der Waals surface area (Å²) < 4.78 is 3.08. The minimum Gasteiger partial charge on any atom is -1.00 e. The molecule has 1 aliphatic rings. The van der Waals surface area contributed by atoms with Gasteiger partial charge < -0.3 is 24.8 Å². The second-order valence-corrected chi connectivity index (χ2v) is 7.18. The average molecular weight is 347 g/mol. The van der Waals surface area contributed by atoms with Crippen LogP contribution in [0.3, 0.4) is 0 Å². The summed E-state index contributed by atoms with van der Waals surface area (Å²) in [6, 6.07) is 2.17. The molecule has 0 amide bonds. The second kappa shape index (κ2) is 7.41. The fraction of sp³-hybridized carbons (Fsp3) is 0.231. The molecule has 2 rings (SSSR count). The van der Waals surface area contributed by atoms with E-state index in [1.54, 1.807) is 3.28 Å². The van der Waals surface area contributed by atoms with Crippen LogP contribution in [0, 0.1) is 6.92 Å². The number of allylic oxidation sites excluding steroid dienone is 6. The van der Waals surface area contributed by atoms with Gasteiger partial charge in [-0.25, -0.2) is 0 Å². The Bertz CT molecular complexity index is 466. The summed E-state index contributed by atoms with van der Waals surface area (Å²) in [6.07, 6.45) is 8.76. The van der Waals surface area contributed by atoms with E-state index in [1.807, 2.05) is 0 Å². The first-order valence-electron chi connectivity index (χ1n) is 5.15. The molecule has 0 aromatic carbocycles. The fourth-order valence-corrected chi connectivity index (χ4v) is 5.01. The Morgan fingerprint density at radius 1 is 1.24 bits per heavy atom. The maximum atomic E-state index is 3.38. The zero-order chi connectivity index (χ0) is 10.8. The summed E-state index contributed by atoms with van der Waals surface area (Å²) in [6.45, 7) is 6.58. The van der Waals surface area contributed by atoms with E-state index in [4.69, 9.17) is 0 Å². The zero-order valence-electron chi connectivity index (χ0n) is 10.1. The van der Waals surface area contributed by atoms with E-state index in [0.29, 0.717) is 0 Å². The van der Waals surface area contributed by atoms with Gasteiger partial charge in [0.2, 0.25) is 0 Å². The van der Waals surface area contributed by atoms with Crippen molar-refractivity contribution in [2.45, 2.75) is 20.8 Å². The largest absolute Gasteiger partial charge is 1.00 e. The van der Waals surface area contributed by atoms with Gasteiger partial charge in [0.1, 0.15) is 0 Å². The molecule has 0 unspecified atom stereocenters. The number of aromatic amines is 1. The molecule has 1 aromatic heterocycles. The molecule has 1 N–H and O–H groups in total. The number of rotatable bonds is 2. The van der Waals surface area contributed by atoms with Crippen molar-refractivity contribution < 1.29 is 48.0 Å². The zero-order valence-corrected chi connectivity index (χ0v) is 14.1. The quantitative estimate of drug-likeness (QED) is 0.581. The Labute approximate surface area is 127 Å². The van der Waals surface area contributed by atoms with Crippen molar-refractivity contribution in [3.05, 3.63) is 50.5 Å². The Morgan fingerprint density at radius 2 is 1.94 bits per heavy atom. The third-order valence-corrected chi connectivity index (χ3v) is 6.24. The Kier molecular flexibility index (Phi) is 7.39. The minimum atomic E-state index is -0.625. The van der Waals surface area contributed by atoms with Gasteiger partial charge in [0, 0.05) is 0 Å². The van der Waals surface area contributed by atoms with Crippen molar-refractivity contribution in [3.63, 3.8) is 0 Å². The van der Waals surface area contributed by atoms with Crippen LogP contribution in [0.1, 0.15) is 19.4 Å². The van der Waals surface area contributed by atoms with Crippen LogP contribution in [0.2, 0.25) is 0 Å². The molecule has 0 aliphatic heterocycles. The molecule has 0 saturated carbocycles. The van der Waals surface area contributed by atoms with Crippen molar-refractivity contribution in [1.29, 1.82) is 0 Å². The van der Waals surface area contributed by atoms with E-state index in [0.717, 1.165) is 0 Å². The summed E-state index contributed by atoms with van der Waals surface area (Å²) in [4.78, 5) is 3.38. The number of nitrogens with one attached hydrogen (secondary N) is 1. The topological polar surface area (TPSA) is 15.8 Å². The third-order valence-electron chi connectivity index (χ3n) is 2.57. The summed E-state index contributed by atoms with van der Waals surface area (Å²) in [5, 5.41) is 0. The number of hydrogen-bond donors (Lipinski definition) is 1. The molecule has 0 radical (unpaired) electrons. The molecule has 0 bridgehead atoms. The van der Waals surface area contributed by atoms with Crippen LogP contribution in [0.15, 0.2) is 44.9 Å². The van der Waals surface area contributed by atoms with Crippen LogP contribution in [-0.2, 0) is 23.2 Å². The Morgan fingerprint density at radius 3 is 2.47 bits per heavy atom. The molecule has 17 heavy (non-hydrogen) atoms. The number of aromatic nitrogens is 1. The van der Waals surface area contributed by atoms with Crippen molar-refractivity contribution in [1.82, 2.24) is 4.98 Å². The van der Waals surface area contributed by atoms with Gasteiger partial charge in [0.15, 0.2) is 0 Å². The summed E-state index contributed by atoms with van der Waals surface area (Å²) in [5.41, 5.74) is 4.32. The SMILES string of the molecule is CC(C)=C1C=CC=[C]1[Zr+2][c]1[nH]ccc1C.[Cl-].[Cl-]. The van der Waals surface area contributed by atoms with E-state index in [-0.39, 0.29) is 24.8 Å². The van der Waals surface area contributed by atoms with Gasteiger partial charge in [-0.2, -0.15) is 0 Å². The smallest absolute Gasteiger partial charge is 1.00 e. The molecule has 1 aliphatic carbocycles. The van der Waals surface area contributed by atoms with Crippen molar-refractivity contribution in [2.75, 3.05) is 0 Å². The van der Waals surface area contributed by atoms with E-state index in [9.17, 15) is 0 Å². The fourth-order valence-electron chi connectivity index (χ4n) is 1.68. The van der Waals surface area contributed by atoms with Crippen LogP contribution in [0.25, 0.3) is 0 Å². The molecule has 0 fully saturated rings. The van der Waals surface area contributed by atoms with Gasteiger partial charge in [-0.1, -0.05) is 0 Å². The molecule has 90 valence electrons. The van der Waals surface area contributed by atoms with Crippen LogP contribution in [-0.4, -0.2) is 4.98 Å². The Hall–Kier alpha value is -0.0369. The van der Waals surface area contributed by atoms with E-state index < -0.39 is 23.2 Å². The first-order chi connectivity index (χ1) is 7.18. The number of aryl methyl sites for hydroxylation is 1. The minimum absolute atomic E-state index is 0. The Balaban J connectivity index is 0.00000128. The summed E-state index contributed by atoms with van der Waals surface area (Å²) in [5.74, 6) is 0. The first kappa shape index (κ1) is 17.0. The maximum absolute atomic E-state index is 3.38. The summed E-state index contributed by atoms with van der Waals surface area (Å²) >= 11 is -0.625. The molecule has 1 nitrogen and oxygen atoms in total. The molecule has 0 atom stereocenters. The van der Waals surface area contributed by atoms with Crippen LogP contribution < -0.4 is 28.2 Å². The second-order valence-electron chi connectivity index (χ2n) is 4.01. The van der Waals surface area contributed by atoms with E-state index in [2.05, 4.69) is 56.2 Å². The van der Waals surface area contributed by atoms with E-state index in [1.165, 1.54) is 20.1 Å². The van der Waals surface area contributed by atoms with Gasteiger partial charge in [-0.05, 0) is 0 Å². The van der Waals surface area contributed by atoms with Crippen molar-refractivity contribution in [3.8, 4) is 0 Å². The molecule has 1 aromatic rings. The predicted molar refractivity (Wildman–Crippen MR) is 60.8 cm³/mol. The first-order valence-corrected chi connectivity index (χ1v) is 7.61. The van der Waals surface area contributed by atoms with E-state index >= 15 is 0 Å². The summed E-state index contributed by atoms with van der Waals surface area (Å²) in [7, 11) is 0. The molecule has 4 heteroatoms. The molecule has 1 heterocycles. The normalized spacial score (nSPS) is 12.4.